The second-order valence-corrected chi connectivity index (χ2v) is 5.48. The van der Waals surface area contributed by atoms with Gasteiger partial charge in [-0.1, -0.05) is 18.2 Å². The lowest BCUT2D eigenvalue weighted by Crippen LogP contribution is -2.13. The molecule has 3 rings (SSSR count). The van der Waals surface area contributed by atoms with E-state index >= 15 is 0 Å². The van der Waals surface area contributed by atoms with E-state index in [0.29, 0.717) is 0 Å². The van der Waals surface area contributed by atoms with Gasteiger partial charge >= 0.3 is 0 Å². The Hall–Kier alpha value is -0.860. The van der Waals surface area contributed by atoms with E-state index in [1.54, 1.807) is 5.56 Å². The van der Waals surface area contributed by atoms with Crippen LogP contribution in [0.3, 0.4) is 0 Å². The minimum Gasteiger partial charge on any atom is -0.317 e. The fourth-order valence-corrected chi connectivity index (χ4v) is 3.66. The van der Waals surface area contributed by atoms with Gasteiger partial charge in [0.25, 0.3) is 0 Å². The summed E-state index contributed by atoms with van der Waals surface area (Å²) in [6.07, 6.45) is 3.94. The minimum absolute atomic E-state index is 0.761. The molecule has 1 unspecified atom stereocenters. The maximum atomic E-state index is 3.49. The van der Waals surface area contributed by atoms with Crippen LogP contribution in [0.25, 0.3) is 10.1 Å². The second kappa shape index (κ2) is 4.56. The Kier molecular flexibility index (Phi) is 2.94. The summed E-state index contributed by atoms with van der Waals surface area (Å²) in [5.74, 6) is 0.761. The van der Waals surface area contributed by atoms with Crippen LogP contribution in [0.2, 0.25) is 0 Å². The number of thiophene rings is 1. The van der Waals surface area contributed by atoms with E-state index in [-0.39, 0.29) is 0 Å². The molecule has 16 heavy (non-hydrogen) atoms. The Morgan fingerprint density at radius 2 is 2.12 bits per heavy atom. The highest BCUT2D eigenvalue weighted by Crippen LogP contribution is 2.34. The Balaban J connectivity index is 2.00. The molecule has 0 spiro atoms. The highest BCUT2D eigenvalue weighted by molar-refractivity contribution is 7.17. The molecule has 1 nitrogen and oxygen atoms in total. The largest absolute Gasteiger partial charge is 0.317 e. The lowest BCUT2D eigenvalue weighted by Gasteiger charge is -2.14. The van der Waals surface area contributed by atoms with Crippen LogP contribution >= 0.6 is 11.3 Å². The highest BCUT2D eigenvalue weighted by Gasteiger charge is 2.16. The first-order chi connectivity index (χ1) is 7.95. The van der Waals surface area contributed by atoms with Gasteiger partial charge in [0.05, 0.1) is 0 Å². The maximum Gasteiger partial charge on any atom is 0.0377 e. The first-order valence-corrected chi connectivity index (χ1v) is 7.00. The molecular weight excluding hydrogens is 214 g/mol. The van der Waals surface area contributed by atoms with Crippen molar-refractivity contribution in [2.45, 2.75) is 25.2 Å². The average molecular weight is 231 g/mol. The van der Waals surface area contributed by atoms with Crippen molar-refractivity contribution >= 4 is 21.4 Å². The molecule has 1 atom stereocenters. The molecule has 0 saturated carbocycles. The zero-order valence-electron chi connectivity index (χ0n) is 9.41. The molecule has 2 heteroatoms. The Morgan fingerprint density at radius 3 is 3.12 bits per heavy atom. The molecule has 1 saturated heterocycles. The molecule has 1 fully saturated rings. The molecule has 2 aromatic rings. The monoisotopic (exact) mass is 231 g/mol. The molecule has 1 aliphatic rings. The summed E-state index contributed by atoms with van der Waals surface area (Å²) in [6.45, 7) is 2.36. The SMILES string of the molecule is c1cc(C2CCCNCC2)c2sccc2c1. The molecule has 0 amide bonds. The van der Waals surface area contributed by atoms with Crippen molar-refractivity contribution in [2.24, 2.45) is 0 Å². The topological polar surface area (TPSA) is 12.0 Å². The third kappa shape index (κ3) is 1.87. The van der Waals surface area contributed by atoms with Crippen LogP contribution < -0.4 is 5.32 Å². The normalized spacial score (nSPS) is 22.1. The number of nitrogens with one attached hydrogen (secondary N) is 1. The molecule has 1 aromatic heterocycles. The molecule has 1 aliphatic heterocycles. The summed E-state index contributed by atoms with van der Waals surface area (Å²) in [6, 6.07) is 9.00. The van der Waals surface area contributed by atoms with Crippen LogP contribution in [0.5, 0.6) is 0 Å². The number of hydrogen-bond donors (Lipinski definition) is 1. The van der Waals surface area contributed by atoms with Crippen LogP contribution in [0.1, 0.15) is 30.7 Å². The molecule has 2 heterocycles. The molecular formula is C14H17NS. The number of benzene rings is 1. The summed E-state index contributed by atoms with van der Waals surface area (Å²) in [5.41, 5.74) is 1.58. The summed E-state index contributed by atoms with van der Waals surface area (Å²) in [5, 5.41) is 7.12. The predicted molar refractivity (Wildman–Crippen MR) is 71.3 cm³/mol. The van der Waals surface area contributed by atoms with Crippen molar-refractivity contribution in [3.05, 3.63) is 35.2 Å². The Morgan fingerprint density at radius 1 is 1.12 bits per heavy atom. The second-order valence-electron chi connectivity index (χ2n) is 4.56. The number of hydrogen-bond acceptors (Lipinski definition) is 2. The summed E-state index contributed by atoms with van der Waals surface area (Å²) >= 11 is 1.89. The lowest BCUT2D eigenvalue weighted by molar-refractivity contribution is 0.614. The standard InChI is InChI=1S/C14H17NS/c1-3-12-7-10-16-14(12)13(5-1)11-4-2-8-15-9-6-11/h1,3,5,7,10-11,15H,2,4,6,8-9H2. The van der Waals surface area contributed by atoms with Gasteiger partial charge in [0.15, 0.2) is 0 Å². The van der Waals surface area contributed by atoms with Crippen LogP contribution in [0, 0.1) is 0 Å². The van der Waals surface area contributed by atoms with Gasteiger partial charge in [-0.05, 0) is 60.7 Å². The van der Waals surface area contributed by atoms with E-state index in [9.17, 15) is 0 Å². The van der Waals surface area contributed by atoms with Gasteiger partial charge in [-0.3, -0.25) is 0 Å². The molecule has 84 valence electrons. The van der Waals surface area contributed by atoms with Crippen molar-refractivity contribution in [1.82, 2.24) is 5.32 Å². The maximum absolute atomic E-state index is 3.49. The number of fused-ring (bicyclic) bond motifs is 1. The van der Waals surface area contributed by atoms with Gasteiger partial charge in [0, 0.05) is 4.70 Å². The van der Waals surface area contributed by atoms with Crippen molar-refractivity contribution in [3.8, 4) is 0 Å². The van der Waals surface area contributed by atoms with Crippen molar-refractivity contribution < 1.29 is 0 Å². The predicted octanol–water partition coefficient (Wildman–Crippen LogP) is 3.76. The van der Waals surface area contributed by atoms with E-state index in [1.807, 2.05) is 11.3 Å². The van der Waals surface area contributed by atoms with Gasteiger partial charge in [-0.15, -0.1) is 11.3 Å². The molecule has 0 aliphatic carbocycles. The van der Waals surface area contributed by atoms with E-state index in [2.05, 4.69) is 35.0 Å². The zero-order valence-corrected chi connectivity index (χ0v) is 10.2. The molecule has 1 aromatic carbocycles. The summed E-state index contributed by atoms with van der Waals surface area (Å²) < 4.78 is 1.51. The van der Waals surface area contributed by atoms with Crippen molar-refractivity contribution in [3.63, 3.8) is 0 Å². The van der Waals surface area contributed by atoms with Crippen LogP contribution in [0.15, 0.2) is 29.6 Å². The third-order valence-electron chi connectivity index (χ3n) is 3.52. The minimum atomic E-state index is 0.761. The number of rotatable bonds is 1. The van der Waals surface area contributed by atoms with E-state index < -0.39 is 0 Å². The summed E-state index contributed by atoms with van der Waals surface area (Å²) in [4.78, 5) is 0. The fourth-order valence-electron chi connectivity index (χ4n) is 2.67. The molecule has 1 N–H and O–H groups in total. The van der Waals surface area contributed by atoms with Gasteiger partial charge in [-0.2, -0.15) is 0 Å². The quantitative estimate of drug-likeness (QED) is 0.788. The van der Waals surface area contributed by atoms with Crippen molar-refractivity contribution in [2.75, 3.05) is 13.1 Å². The van der Waals surface area contributed by atoms with Crippen LogP contribution in [-0.4, -0.2) is 13.1 Å². The van der Waals surface area contributed by atoms with Crippen LogP contribution in [0.4, 0.5) is 0 Å². The van der Waals surface area contributed by atoms with E-state index in [1.165, 1.54) is 42.4 Å². The van der Waals surface area contributed by atoms with Gasteiger partial charge in [0.2, 0.25) is 0 Å². The van der Waals surface area contributed by atoms with E-state index in [0.717, 1.165) is 5.92 Å². The van der Waals surface area contributed by atoms with Gasteiger partial charge in [-0.25, -0.2) is 0 Å². The van der Waals surface area contributed by atoms with Crippen molar-refractivity contribution in [1.29, 1.82) is 0 Å². The van der Waals surface area contributed by atoms with Gasteiger partial charge < -0.3 is 5.32 Å². The first kappa shape index (κ1) is 10.3. The first-order valence-electron chi connectivity index (χ1n) is 6.12. The zero-order chi connectivity index (χ0) is 10.8. The highest BCUT2D eigenvalue weighted by atomic mass is 32.1. The average Bonchev–Trinajstić information content (AvgIpc) is 2.63. The van der Waals surface area contributed by atoms with Crippen LogP contribution in [-0.2, 0) is 0 Å². The lowest BCUT2D eigenvalue weighted by atomic mass is 9.91. The third-order valence-corrected chi connectivity index (χ3v) is 4.50. The van der Waals surface area contributed by atoms with Gasteiger partial charge in [0.1, 0.15) is 0 Å². The molecule has 0 bridgehead atoms. The summed E-state index contributed by atoms with van der Waals surface area (Å²) in [7, 11) is 0. The van der Waals surface area contributed by atoms with E-state index in [4.69, 9.17) is 0 Å². The molecule has 0 radical (unpaired) electrons. The Bertz CT molecular complexity index is 466. The fraction of sp³-hybridized carbons (Fsp3) is 0.429. The smallest absolute Gasteiger partial charge is 0.0377 e. The Labute approximate surface area is 100 Å².